The maximum absolute atomic E-state index is 12.4. The molecule has 0 radical (unpaired) electrons. The minimum atomic E-state index is -4.34. The number of pyridine rings is 2. The van der Waals surface area contributed by atoms with Crippen molar-refractivity contribution in [1.82, 2.24) is 9.97 Å². The molecule has 0 spiro atoms. The number of alkyl halides is 3. The molecule has 1 N–H and O–H groups in total. The molecule has 0 aliphatic carbocycles. The van der Waals surface area contributed by atoms with E-state index in [-0.39, 0.29) is 0 Å². The summed E-state index contributed by atoms with van der Waals surface area (Å²) in [5.41, 5.74) is 0.248. The van der Waals surface area contributed by atoms with Crippen molar-refractivity contribution in [2.24, 2.45) is 0 Å². The molecule has 2 aromatic rings. The molecule has 7 heteroatoms. The maximum atomic E-state index is 12.4. The van der Waals surface area contributed by atoms with E-state index < -0.39 is 11.7 Å². The van der Waals surface area contributed by atoms with Crippen LogP contribution in [0.1, 0.15) is 11.1 Å². The third-order valence-electron chi connectivity index (χ3n) is 2.53. The van der Waals surface area contributed by atoms with E-state index in [9.17, 15) is 13.2 Å². The molecule has 0 aromatic carbocycles. The Labute approximate surface area is 118 Å². The van der Waals surface area contributed by atoms with Gasteiger partial charge in [-0.05, 0) is 23.8 Å². The zero-order chi connectivity index (χ0) is 14.6. The number of hydrogen-bond acceptors (Lipinski definition) is 4. The summed E-state index contributed by atoms with van der Waals surface area (Å²) in [7, 11) is 1.78. The maximum Gasteiger partial charge on any atom is 0.417 e. The van der Waals surface area contributed by atoms with Crippen LogP contribution in [0.5, 0.6) is 0 Å². The average Bonchev–Trinajstić information content (AvgIpc) is 2.45. The van der Waals surface area contributed by atoms with E-state index in [1.165, 1.54) is 17.8 Å². The summed E-state index contributed by atoms with van der Waals surface area (Å²) >= 11 is 1.37. The van der Waals surface area contributed by atoms with Crippen LogP contribution in [0.4, 0.5) is 19.0 Å². The van der Waals surface area contributed by atoms with E-state index in [1.54, 1.807) is 13.2 Å². The summed E-state index contributed by atoms with van der Waals surface area (Å²) in [5.74, 6) is 1.38. The topological polar surface area (TPSA) is 37.8 Å². The zero-order valence-corrected chi connectivity index (χ0v) is 11.4. The Morgan fingerprint density at radius 2 is 1.90 bits per heavy atom. The van der Waals surface area contributed by atoms with Gasteiger partial charge in [-0.2, -0.15) is 13.2 Å². The Bertz CT molecular complexity index is 553. The molecule has 0 amide bonds. The highest BCUT2D eigenvalue weighted by Crippen LogP contribution is 2.30. The highest BCUT2D eigenvalue weighted by molar-refractivity contribution is 7.98. The van der Waals surface area contributed by atoms with Crippen LogP contribution in [0, 0.1) is 0 Å². The van der Waals surface area contributed by atoms with Crippen LogP contribution in [0.2, 0.25) is 0 Å². The van der Waals surface area contributed by atoms with Gasteiger partial charge in [-0.3, -0.25) is 0 Å². The van der Waals surface area contributed by atoms with Crippen LogP contribution < -0.4 is 5.32 Å². The van der Waals surface area contributed by atoms with Crippen molar-refractivity contribution in [1.29, 1.82) is 0 Å². The second-order valence-corrected chi connectivity index (χ2v) is 4.97. The van der Waals surface area contributed by atoms with Gasteiger partial charge in [-0.25, -0.2) is 9.97 Å². The van der Waals surface area contributed by atoms with Crippen LogP contribution >= 0.6 is 11.8 Å². The van der Waals surface area contributed by atoms with Crippen LogP contribution in [0.15, 0.2) is 41.7 Å². The third kappa shape index (κ3) is 3.86. The van der Waals surface area contributed by atoms with Crippen molar-refractivity contribution < 1.29 is 13.2 Å². The predicted octanol–water partition coefficient (Wildman–Crippen LogP) is 3.83. The second kappa shape index (κ2) is 6.13. The molecule has 106 valence electrons. The normalized spacial score (nSPS) is 11.4. The Balaban J connectivity index is 1.96. The number of thioether (sulfide) groups is 1. The van der Waals surface area contributed by atoms with Crippen molar-refractivity contribution in [2.45, 2.75) is 17.0 Å². The van der Waals surface area contributed by atoms with Gasteiger partial charge in [-0.1, -0.05) is 6.07 Å². The van der Waals surface area contributed by atoms with Crippen molar-refractivity contribution in [3.8, 4) is 0 Å². The predicted molar refractivity (Wildman–Crippen MR) is 72.6 cm³/mol. The van der Waals surface area contributed by atoms with E-state index in [4.69, 9.17) is 0 Å². The Morgan fingerprint density at radius 1 is 1.10 bits per heavy atom. The van der Waals surface area contributed by atoms with Gasteiger partial charge in [0.2, 0.25) is 0 Å². The number of anilines is 1. The van der Waals surface area contributed by atoms with Gasteiger partial charge in [0.15, 0.2) is 0 Å². The summed E-state index contributed by atoms with van der Waals surface area (Å²) in [6.45, 7) is 0. The largest absolute Gasteiger partial charge is 0.417 e. The Hall–Kier alpha value is -1.76. The Kier molecular flexibility index (Phi) is 4.49. The first-order valence-corrected chi connectivity index (χ1v) is 6.76. The van der Waals surface area contributed by atoms with E-state index in [1.807, 2.05) is 12.1 Å². The van der Waals surface area contributed by atoms with Crippen LogP contribution in [0.3, 0.4) is 0 Å². The minimum absolute atomic E-state index is 0.552. The van der Waals surface area contributed by atoms with Gasteiger partial charge in [-0.15, -0.1) is 11.8 Å². The van der Waals surface area contributed by atoms with Gasteiger partial charge < -0.3 is 5.32 Å². The van der Waals surface area contributed by atoms with Gasteiger partial charge in [0.1, 0.15) is 5.82 Å². The van der Waals surface area contributed by atoms with E-state index >= 15 is 0 Å². The highest BCUT2D eigenvalue weighted by Gasteiger charge is 2.30. The molecule has 0 aliphatic rings. The standard InChI is InChI=1S/C13H12F3N3S/c1-17-11-4-2-9(6-18-11)8-20-12-5-3-10(7-19-12)13(14,15)16/h2-7H,8H2,1H3,(H,17,18). The number of aromatic nitrogens is 2. The molecule has 3 nitrogen and oxygen atoms in total. The quantitative estimate of drug-likeness (QED) is 0.871. The van der Waals surface area contributed by atoms with E-state index in [0.717, 1.165) is 23.6 Å². The zero-order valence-electron chi connectivity index (χ0n) is 10.6. The number of rotatable bonds is 4. The molecule has 2 rings (SSSR count). The monoisotopic (exact) mass is 299 g/mol. The summed E-state index contributed by atoms with van der Waals surface area (Å²) in [6.07, 6.45) is -1.77. The molecule has 0 bridgehead atoms. The number of hydrogen-bond donors (Lipinski definition) is 1. The van der Waals surface area contributed by atoms with E-state index in [0.29, 0.717) is 10.8 Å². The summed E-state index contributed by atoms with van der Waals surface area (Å²) in [5, 5.41) is 3.46. The van der Waals surface area contributed by atoms with Crippen LogP contribution in [-0.2, 0) is 11.9 Å². The molecule has 0 unspecified atom stereocenters. The smallest absolute Gasteiger partial charge is 0.373 e. The van der Waals surface area contributed by atoms with Crippen molar-refractivity contribution in [3.63, 3.8) is 0 Å². The van der Waals surface area contributed by atoms with Crippen molar-refractivity contribution in [3.05, 3.63) is 47.8 Å². The average molecular weight is 299 g/mol. The minimum Gasteiger partial charge on any atom is -0.373 e. The van der Waals surface area contributed by atoms with Gasteiger partial charge in [0, 0.05) is 25.2 Å². The fourth-order valence-corrected chi connectivity index (χ4v) is 2.23. The molecule has 0 saturated carbocycles. The molecule has 0 atom stereocenters. The fraction of sp³-hybridized carbons (Fsp3) is 0.231. The molecule has 0 fully saturated rings. The van der Waals surface area contributed by atoms with Gasteiger partial charge >= 0.3 is 6.18 Å². The lowest BCUT2D eigenvalue weighted by atomic mass is 10.3. The first-order chi connectivity index (χ1) is 9.49. The molecule has 0 saturated heterocycles. The lowest BCUT2D eigenvalue weighted by Crippen LogP contribution is -2.05. The van der Waals surface area contributed by atoms with Gasteiger partial charge in [0.05, 0.1) is 10.6 Å². The summed E-state index contributed by atoms with van der Waals surface area (Å²) < 4.78 is 37.1. The number of nitrogens with one attached hydrogen (secondary N) is 1. The SMILES string of the molecule is CNc1ccc(CSc2ccc(C(F)(F)F)cn2)cn1. The first-order valence-electron chi connectivity index (χ1n) is 5.78. The molecular weight excluding hydrogens is 287 g/mol. The molecule has 0 aliphatic heterocycles. The number of nitrogens with zero attached hydrogens (tertiary/aromatic N) is 2. The van der Waals surface area contributed by atoms with E-state index in [2.05, 4.69) is 15.3 Å². The molecule has 2 aromatic heterocycles. The lowest BCUT2D eigenvalue weighted by Gasteiger charge is -2.07. The van der Waals surface area contributed by atoms with Gasteiger partial charge in [0.25, 0.3) is 0 Å². The molecule has 2 heterocycles. The Morgan fingerprint density at radius 3 is 2.40 bits per heavy atom. The summed E-state index contributed by atoms with van der Waals surface area (Å²) in [4.78, 5) is 7.97. The molecule has 20 heavy (non-hydrogen) atoms. The second-order valence-electron chi connectivity index (χ2n) is 3.97. The highest BCUT2D eigenvalue weighted by atomic mass is 32.2. The third-order valence-corrected chi connectivity index (χ3v) is 3.55. The lowest BCUT2D eigenvalue weighted by molar-refractivity contribution is -0.137. The first kappa shape index (κ1) is 14.6. The molecular formula is C13H12F3N3S. The van der Waals surface area contributed by atoms with Crippen LogP contribution in [0.25, 0.3) is 0 Å². The van der Waals surface area contributed by atoms with Crippen molar-refractivity contribution in [2.75, 3.05) is 12.4 Å². The fourth-order valence-electron chi connectivity index (χ4n) is 1.45. The van der Waals surface area contributed by atoms with Crippen LogP contribution in [-0.4, -0.2) is 17.0 Å². The van der Waals surface area contributed by atoms with Crippen molar-refractivity contribution >= 4 is 17.6 Å². The summed E-state index contributed by atoms with van der Waals surface area (Å²) in [6, 6.07) is 6.17. The number of halogens is 3.